The van der Waals surface area contributed by atoms with E-state index >= 15 is 0 Å². The van der Waals surface area contributed by atoms with Crippen molar-refractivity contribution < 1.29 is 14.3 Å². The summed E-state index contributed by atoms with van der Waals surface area (Å²) in [5, 5.41) is 0. The van der Waals surface area contributed by atoms with Crippen molar-refractivity contribution in [3.63, 3.8) is 0 Å². The molecule has 1 rings (SSSR count). The van der Waals surface area contributed by atoms with Gasteiger partial charge >= 0.3 is 0 Å². The van der Waals surface area contributed by atoms with Crippen LogP contribution in [0, 0.1) is 0 Å². The maximum Gasteiger partial charge on any atom is 0.151 e. The number of benzene rings is 1. The number of rotatable bonds is 5. The molecule has 4 heteroatoms. The van der Waals surface area contributed by atoms with E-state index in [1.807, 2.05) is 27.7 Å². The summed E-state index contributed by atoms with van der Waals surface area (Å²) in [5.74, 6) is 1.27. The van der Waals surface area contributed by atoms with E-state index in [1.54, 1.807) is 12.1 Å². The molecular formula is C13H17BrO3. The summed E-state index contributed by atoms with van der Waals surface area (Å²) in [6, 6.07) is 3.49. The van der Waals surface area contributed by atoms with Crippen LogP contribution in [0.1, 0.15) is 38.1 Å². The number of aldehydes is 1. The number of halogens is 1. The fraction of sp³-hybridized carbons (Fsp3) is 0.462. The molecule has 0 fully saturated rings. The Morgan fingerprint density at radius 3 is 2.18 bits per heavy atom. The molecule has 0 saturated carbocycles. The van der Waals surface area contributed by atoms with Crippen LogP contribution in [0.25, 0.3) is 0 Å². The fourth-order valence-corrected chi connectivity index (χ4v) is 1.77. The Labute approximate surface area is 110 Å². The van der Waals surface area contributed by atoms with Crippen molar-refractivity contribution in [2.45, 2.75) is 39.9 Å². The topological polar surface area (TPSA) is 35.5 Å². The van der Waals surface area contributed by atoms with Crippen molar-refractivity contribution in [1.29, 1.82) is 0 Å². The summed E-state index contributed by atoms with van der Waals surface area (Å²) in [6.45, 7) is 7.74. The van der Waals surface area contributed by atoms with Crippen LogP contribution in [0.5, 0.6) is 11.5 Å². The van der Waals surface area contributed by atoms with Crippen molar-refractivity contribution in [3.05, 3.63) is 22.2 Å². The predicted molar refractivity (Wildman–Crippen MR) is 71.1 cm³/mol. The fourth-order valence-electron chi connectivity index (χ4n) is 1.36. The van der Waals surface area contributed by atoms with Gasteiger partial charge in [0.25, 0.3) is 0 Å². The molecule has 0 atom stereocenters. The van der Waals surface area contributed by atoms with Gasteiger partial charge in [-0.2, -0.15) is 0 Å². The van der Waals surface area contributed by atoms with Crippen molar-refractivity contribution in [2.24, 2.45) is 0 Å². The van der Waals surface area contributed by atoms with Crippen molar-refractivity contribution in [1.82, 2.24) is 0 Å². The number of carbonyl (C=O) groups is 1. The molecule has 1 aromatic carbocycles. The van der Waals surface area contributed by atoms with Crippen LogP contribution in [0.15, 0.2) is 16.6 Å². The molecule has 0 aliphatic heterocycles. The summed E-state index contributed by atoms with van der Waals surface area (Å²) < 4.78 is 11.9. The molecule has 0 aromatic heterocycles. The van der Waals surface area contributed by atoms with Gasteiger partial charge in [0.1, 0.15) is 11.5 Å². The van der Waals surface area contributed by atoms with E-state index < -0.39 is 0 Å². The van der Waals surface area contributed by atoms with Gasteiger partial charge in [-0.25, -0.2) is 0 Å². The molecule has 0 aliphatic rings. The molecule has 0 heterocycles. The zero-order chi connectivity index (χ0) is 13.0. The first kappa shape index (κ1) is 14.0. The van der Waals surface area contributed by atoms with Gasteiger partial charge in [-0.1, -0.05) is 0 Å². The molecule has 17 heavy (non-hydrogen) atoms. The number of hydrogen-bond acceptors (Lipinski definition) is 3. The standard InChI is InChI=1S/C13H17BrO3/c1-8(2)16-11-5-10(7-15)13(14)12(6-11)17-9(3)4/h5-9H,1-4H3. The maximum atomic E-state index is 11.0. The third-order valence-corrected chi connectivity index (χ3v) is 2.75. The smallest absolute Gasteiger partial charge is 0.151 e. The van der Waals surface area contributed by atoms with E-state index in [-0.39, 0.29) is 12.2 Å². The Morgan fingerprint density at radius 2 is 1.71 bits per heavy atom. The van der Waals surface area contributed by atoms with E-state index in [4.69, 9.17) is 9.47 Å². The highest BCUT2D eigenvalue weighted by Crippen LogP contribution is 2.33. The summed E-state index contributed by atoms with van der Waals surface area (Å²) >= 11 is 3.36. The Bertz CT molecular complexity index is 400. The van der Waals surface area contributed by atoms with Gasteiger partial charge in [-0.05, 0) is 49.7 Å². The number of carbonyl (C=O) groups excluding carboxylic acids is 1. The monoisotopic (exact) mass is 300 g/mol. The lowest BCUT2D eigenvalue weighted by Gasteiger charge is -2.16. The molecule has 0 amide bonds. The first-order valence-corrected chi connectivity index (χ1v) is 6.35. The third kappa shape index (κ3) is 4.04. The van der Waals surface area contributed by atoms with Gasteiger partial charge in [-0.15, -0.1) is 0 Å². The van der Waals surface area contributed by atoms with Crippen LogP contribution in [0.3, 0.4) is 0 Å². The van der Waals surface area contributed by atoms with Crippen LogP contribution in [-0.2, 0) is 0 Å². The van der Waals surface area contributed by atoms with Gasteiger partial charge in [0.15, 0.2) is 6.29 Å². The molecule has 94 valence electrons. The quantitative estimate of drug-likeness (QED) is 0.775. The predicted octanol–water partition coefficient (Wildman–Crippen LogP) is 3.84. The summed E-state index contributed by atoms with van der Waals surface area (Å²) in [7, 11) is 0. The Balaban J connectivity index is 3.13. The van der Waals surface area contributed by atoms with E-state index in [9.17, 15) is 4.79 Å². The van der Waals surface area contributed by atoms with E-state index in [0.717, 1.165) is 6.29 Å². The van der Waals surface area contributed by atoms with E-state index in [1.165, 1.54) is 0 Å². The number of ether oxygens (including phenoxy) is 2. The molecule has 3 nitrogen and oxygen atoms in total. The average Bonchev–Trinajstić information content (AvgIpc) is 2.21. The van der Waals surface area contributed by atoms with Crippen molar-refractivity contribution in [3.8, 4) is 11.5 Å². The lowest BCUT2D eigenvalue weighted by molar-refractivity contribution is 0.112. The van der Waals surface area contributed by atoms with Crippen molar-refractivity contribution in [2.75, 3.05) is 0 Å². The van der Waals surface area contributed by atoms with Crippen LogP contribution in [-0.4, -0.2) is 18.5 Å². The summed E-state index contributed by atoms with van der Waals surface area (Å²) in [5.41, 5.74) is 0.527. The maximum absolute atomic E-state index is 11.0. The Kier molecular flexibility index (Phi) is 5.00. The minimum absolute atomic E-state index is 0.0418. The zero-order valence-electron chi connectivity index (χ0n) is 10.5. The molecule has 0 unspecified atom stereocenters. The summed E-state index contributed by atoms with van der Waals surface area (Å²) in [6.07, 6.45) is 0.882. The first-order valence-electron chi connectivity index (χ1n) is 5.56. The normalized spacial score (nSPS) is 10.8. The SMILES string of the molecule is CC(C)Oc1cc(C=O)c(Br)c(OC(C)C)c1. The molecule has 0 radical (unpaired) electrons. The highest BCUT2D eigenvalue weighted by molar-refractivity contribution is 9.10. The molecule has 1 aromatic rings. The highest BCUT2D eigenvalue weighted by Gasteiger charge is 2.12. The second kappa shape index (κ2) is 6.05. The lowest BCUT2D eigenvalue weighted by atomic mass is 10.2. The molecule has 0 spiro atoms. The largest absolute Gasteiger partial charge is 0.491 e. The van der Waals surface area contributed by atoms with Gasteiger partial charge in [-0.3, -0.25) is 4.79 Å². The molecule has 0 saturated heterocycles. The molecule has 0 aliphatic carbocycles. The molecular weight excluding hydrogens is 284 g/mol. The minimum Gasteiger partial charge on any atom is -0.491 e. The summed E-state index contributed by atoms with van der Waals surface area (Å²) in [4.78, 5) is 11.0. The first-order chi connectivity index (χ1) is 7.93. The van der Waals surface area contributed by atoms with Crippen LogP contribution < -0.4 is 9.47 Å². The van der Waals surface area contributed by atoms with Crippen molar-refractivity contribution >= 4 is 22.2 Å². The minimum atomic E-state index is 0.0418. The highest BCUT2D eigenvalue weighted by atomic mass is 79.9. The Morgan fingerprint density at radius 1 is 1.12 bits per heavy atom. The third-order valence-electron chi connectivity index (χ3n) is 1.90. The average molecular weight is 301 g/mol. The van der Waals surface area contributed by atoms with E-state index in [0.29, 0.717) is 21.5 Å². The second-order valence-corrected chi connectivity index (χ2v) is 5.07. The van der Waals surface area contributed by atoms with Gasteiger partial charge < -0.3 is 9.47 Å². The zero-order valence-corrected chi connectivity index (χ0v) is 12.1. The van der Waals surface area contributed by atoms with Crippen LogP contribution >= 0.6 is 15.9 Å². The molecule has 0 bridgehead atoms. The molecule has 0 N–H and O–H groups in total. The van der Waals surface area contributed by atoms with E-state index in [2.05, 4.69) is 15.9 Å². The lowest BCUT2D eigenvalue weighted by Crippen LogP contribution is -2.09. The van der Waals surface area contributed by atoms with Crippen LogP contribution in [0.2, 0.25) is 0 Å². The Hall–Kier alpha value is -1.03. The number of hydrogen-bond donors (Lipinski definition) is 0. The second-order valence-electron chi connectivity index (χ2n) is 4.28. The van der Waals surface area contributed by atoms with Gasteiger partial charge in [0.05, 0.1) is 16.7 Å². The van der Waals surface area contributed by atoms with Gasteiger partial charge in [0.2, 0.25) is 0 Å². The van der Waals surface area contributed by atoms with Crippen LogP contribution in [0.4, 0.5) is 0 Å². The van der Waals surface area contributed by atoms with Gasteiger partial charge in [0, 0.05) is 11.6 Å².